The average molecular weight is 263 g/mol. The lowest BCUT2D eigenvalue weighted by Crippen LogP contribution is -2.27. The van der Waals surface area contributed by atoms with Crippen molar-refractivity contribution in [3.05, 3.63) is 23.8 Å². The molecule has 4 heteroatoms. The number of carbonyl (C=O) groups excluding carboxylic acids is 1. The largest absolute Gasteiger partial charge is 0.495 e. The van der Waals surface area contributed by atoms with E-state index in [0.717, 1.165) is 12.8 Å². The van der Waals surface area contributed by atoms with Gasteiger partial charge in [0.2, 0.25) is 0 Å². The Balaban J connectivity index is 2.16. The standard InChI is InChI=1S/C15H21NO3/c1-10(2)11-6-7-13(18-3)12(9-11)16-15(17)14-5-4-8-19-14/h6-7,9-10,14H,4-5,8H2,1-3H3,(H,16,17). The van der Waals surface area contributed by atoms with Gasteiger partial charge in [-0.1, -0.05) is 19.9 Å². The fourth-order valence-corrected chi connectivity index (χ4v) is 2.18. The molecule has 1 amide bonds. The molecule has 1 aliphatic heterocycles. The molecule has 1 aromatic rings. The summed E-state index contributed by atoms with van der Waals surface area (Å²) in [5.41, 5.74) is 1.89. The first-order valence-electron chi connectivity index (χ1n) is 6.72. The number of nitrogens with one attached hydrogen (secondary N) is 1. The van der Waals surface area contributed by atoms with Gasteiger partial charge in [-0.3, -0.25) is 4.79 Å². The maximum Gasteiger partial charge on any atom is 0.253 e. The topological polar surface area (TPSA) is 47.6 Å². The fraction of sp³-hybridized carbons (Fsp3) is 0.533. The third-order valence-electron chi connectivity index (χ3n) is 3.37. The van der Waals surface area contributed by atoms with E-state index in [-0.39, 0.29) is 12.0 Å². The van der Waals surface area contributed by atoms with E-state index in [9.17, 15) is 4.79 Å². The van der Waals surface area contributed by atoms with Crippen LogP contribution in [0.3, 0.4) is 0 Å². The highest BCUT2D eigenvalue weighted by atomic mass is 16.5. The molecule has 1 N–H and O–H groups in total. The van der Waals surface area contributed by atoms with Gasteiger partial charge in [0.1, 0.15) is 11.9 Å². The quantitative estimate of drug-likeness (QED) is 0.908. The fourth-order valence-electron chi connectivity index (χ4n) is 2.18. The lowest BCUT2D eigenvalue weighted by molar-refractivity contribution is -0.124. The molecule has 0 saturated carbocycles. The summed E-state index contributed by atoms with van der Waals surface area (Å²) in [4.78, 5) is 12.1. The van der Waals surface area contributed by atoms with Crippen LogP contribution in [0, 0.1) is 0 Å². The molecule has 0 spiro atoms. The summed E-state index contributed by atoms with van der Waals surface area (Å²) in [5, 5.41) is 2.91. The van der Waals surface area contributed by atoms with Crippen LogP contribution in [0.1, 0.15) is 38.2 Å². The van der Waals surface area contributed by atoms with Crippen LogP contribution in [0.2, 0.25) is 0 Å². The second kappa shape index (κ2) is 6.06. The molecule has 4 nitrogen and oxygen atoms in total. The van der Waals surface area contributed by atoms with Crippen molar-refractivity contribution in [2.75, 3.05) is 19.0 Å². The van der Waals surface area contributed by atoms with Crippen molar-refractivity contribution in [3.8, 4) is 5.75 Å². The molecule has 1 aromatic carbocycles. The van der Waals surface area contributed by atoms with Gasteiger partial charge in [0.05, 0.1) is 12.8 Å². The van der Waals surface area contributed by atoms with E-state index in [4.69, 9.17) is 9.47 Å². The number of ether oxygens (including phenoxy) is 2. The Morgan fingerprint density at radius 3 is 2.84 bits per heavy atom. The minimum absolute atomic E-state index is 0.0864. The Kier molecular flexibility index (Phi) is 4.43. The maximum absolute atomic E-state index is 12.1. The summed E-state index contributed by atoms with van der Waals surface area (Å²) in [7, 11) is 1.60. The Morgan fingerprint density at radius 2 is 2.26 bits per heavy atom. The van der Waals surface area contributed by atoms with Gasteiger partial charge in [0, 0.05) is 6.61 Å². The zero-order chi connectivity index (χ0) is 13.8. The number of hydrogen-bond donors (Lipinski definition) is 1. The molecule has 0 aromatic heterocycles. The van der Waals surface area contributed by atoms with Crippen LogP contribution in [-0.2, 0) is 9.53 Å². The predicted octanol–water partition coefficient (Wildman–Crippen LogP) is 2.94. The molecule has 104 valence electrons. The minimum Gasteiger partial charge on any atom is -0.495 e. The molecular formula is C15H21NO3. The van der Waals surface area contributed by atoms with Gasteiger partial charge >= 0.3 is 0 Å². The molecule has 2 rings (SSSR count). The first-order chi connectivity index (χ1) is 9.11. The molecule has 1 heterocycles. The van der Waals surface area contributed by atoms with E-state index in [1.54, 1.807) is 7.11 Å². The van der Waals surface area contributed by atoms with E-state index in [1.165, 1.54) is 5.56 Å². The van der Waals surface area contributed by atoms with Crippen LogP contribution in [-0.4, -0.2) is 25.7 Å². The SMILES string of the molecule is COc1ccc(C(C)C)cc1NC(=O)C1CCCO1. The van der Waals surface area contributed by atoms with E-state index >= 15 is 0 Å². The molecule has 0 bridgehead atoms. The van der Waals surface area contributed by atoms with Gasteiger partial charge in [0.25, 0.3) is 5.91 Å². The number of benzene rings is 1. The van der Waals surface area contributed by atoms with Crippen LogP contribution < -0.4 is 10.1 Å². The molecule has 0 radical (unpaired) electrons. The molecule has 1 atom stereocenters. The lowest BCUT2D eigenvalue weighted by Gasteiger charge is -2.15. The third kappa shape index (κ3) is 3.26. The van der Waals surface area contributed by atoms with Gasteiger partial charge in [0.15, 0.2) is 0 Å². The number of hydrogen-bond acceptors (Lipinski definition) is 3. The molecule has 1 fully saturated rings. The zero-order valence-electron chi connectivity index (χ0n) is 11.7. The normalized spacial score (nSPS) is 18.6. The highest BCUT2D eigenvalue weighted by Gasteiger charge is 2.24. The number of anilines is 1. The van der Waals surface area contributed by atoms with Gasteiger partial charge in [-0.05, 0) is 36.5 Å². The van der Waals surface area contributed by atoms with E-state index in [0.29, 0.717) is 24.0 Å². The maximum atomic E-state index is 12.1. The van der Waals surface area contributed by atoms with Crippen molar-refractivity contribution in [2.24, 2.45) is 0 Å². The summed E-state index contributed by atoms with van der Waals surface area (Å²) in [5.74, 6) is 0.997. The van der Waals surface area contributed by atoms with E-state index in [2.05, 4.69) is 19.2 Å². The molecular weight excluding hydrogens is 242 g/mol. The van der Waals surface area contributed by atoms with Crippen LogP contribution in [0.25, 0.3) is 0 Å². The van der Waals surface area contributed by atoms with Crippen molar-refractivity contribution in [1.82, 2.24) is 0 Å². The third-order valence-corrected chi connectivity index (χ3v) is 3.37. The summed E-state index contributed by atoms with van der Waals surface area (Å²) in [6, 6.07) is 5.88. The van der Waals surface area contributed by atoms with Crippen molar-refractivity contribution in [1.29, 1.82) is 0 Å². The number of carbonyl (C=O) groups is 1. The molecule has 0 aliphatic carbocycles. The first kappa shape index (κ1) is 13.9. The van der Waals surface area contributed by atoms with Crippen LogP contribution in [0.15, 0.2) is 18.2 Å². The highest BCUT2D eigenvalue weighted by Crippen LogP contribution is 2.29. The van der Waals surface area contributed by atoms with Crippen LogP contribution in [0.4, 0.5) is 5.69 Å². The van der Waals surface area contributed by atoms with Crippen molar-refractivity contribution < 1.29 is 14.3 Å². The van der Waals surface area contributed by atoms with Gasteiger partial charge in [-0.2, -0.15) is 0 Å². The first-order valence-corrected chi connectivity index (χ1v) is 6.72. The summed E-state index contributed by atoms with van der Waals surface area (Å²) >= 11 is 0. The molecule has 1 unspecified atom stereocenters. The summed E-state index contributed by atoms with van der Waals surface area (Å²) in [6.07, 6.45) is 1.41. The molecule has 1 saturated heterocycles. The average Bonchev–Trinajstić information content (AvgIpc) is 2.92. The molecule has 1 aliphatic rings. The zero-order valence-corrected chi connectivity index (χ0v) is 11.7. The van der Waals surface area contributed by atoms with E-state index < -0.39 is 0 Å². The van der Waals surface area contributed by atoms with Gasteiger partial charge in [-0.15, -0.1) is 0 Å². The van der Waals surface area contributed by atoms with Crippen molar-refractivity contribution in [3.63, 3.8) is 0 Å². The smallest absolute Gasteiger partial charge is 0.253 e. The highest BCUT2D eigenvalue weighted by molar-refractivity contribution is 5.95. The molecule has 19 heavy (non-hydrogen) atoms. The van der Waals surface area contributed by atoms with Gasteiger partial charge in [-0.25, -0.2) is 0 Å². The summed E-state index contributed by atoms with van der Waals surface area (Å²) < 4.78 is 10.7. The Bertz CT molecular complexity index is 451. The van der Waals surface area contributed by atoms with Crippen molar-refractivity contribution >= 4 is 11.6 Å². The van der Waals surface area contributed by atoms with Crippen molar-refractivity contribution in [2.45, 2.75) is 38.7 Å². The van der Waals surface area contributed by atoms with Crippen LogP contribution >= 0.6 is 0 Å². The number of methoxy groups -OCH3 is 1. The number of rotatable bonds is 4. The Hall–Kier alpha value is -1.55. The second-order valence-corrected chi connectivity index (χ2v) is 5.11. The van der Waals surface area contributed by atoms with E-state index in [1.807, 2.05) is 18.2 Å². The Labute approximate surface area is 114 Å². The second-order valence-electron chi connectivity index (χ2n) is 5.11. The Morgan fingerprint density at radius 1 is 1.47 bits per heavy atom. The summed E-state index contributed by atoms with van der Waals surface area (Å²) in [6.45, 7) is 4.90. The lowest BCUT2D eigenvalue weighted by atomic mass is 10.0. The van der Waals surface area contributed by atoms with Gasteiger partial charge < -0.3 is 14.8 Å². The monoisotopic (exact) mass is 263 g/mol. The van der Waals surface area contributed by atoms with Crippen LogP contribution in [0.5, 0.6) is 5.75 Å². The minimum atomic E-state index is -0.326. The number of amides is 1. The predicted molar refractivity (Wildman–Crippen MR) is 74.7 cm³/mol.